The number of nitrogens with zero attached hydrogens (tertiary/aromatic N) is 1. The normalized spacial score (nSPS) is 18.9. The fraction of sp³-hybridized carbons (Fsp3) is 0.286. The van der Waals surface area contributed by atoms with E-state index in [4.69, 9.17) is 20.6 Å². The molecule has 1 saturated heterocycles. The lowest BCUT2D eigenvalue weighted by atomic mass is 10.00. The number of likely N-dealkylation sites (tertiary alicyclic amines) is 1. The van der Waals surface area contributed by atoms with Crippen LogP contribution in [0, 0.1) is 5.41 Å². The van der Waals surface area contributed by atoms with Crippen LogP contribution in [0.1, 0.15) is 29.2 Å². The Hall–Kier alpha value is -3.75. The fourth-order valence-corrected chi connectivity index (χ4v) is 4.28. The highest BCUT2D eigenvalue weighted by atomic mass is 19.1. The molecule has 36 heavy (non-hydrogen) atoms. The zero-order valence-corrected chi connectivity index (χ0v) is 20.4. The molecule has 1 fully saturated rings. The summed E-state index contributed by atoms with van der Waals surface area (Å²) in [7, 11) is 3.38. The quantitative estimate of drug-likeness (QED) is 0.320. The fourth-order valence-electron chi connectivity index (χ4n) is 4.28. The van der Waals surface area contributed by atoms with Gasteiger partial charge in [0.05, 0.1) is 5.71 Å². The van der Waals surface area contributed by atoms with Crippen molar-refractivity contribution < 1.29 is 18.7 Å². The number of carbonyl (C=O) groups excluding carboxylic acids is 1. The highest BCUT2D eigenvalue weighted by Crippen LogP contribution is 2.26. The first-order valence-corrected chi connectivity index (χ1v) is 11.8. The zero-order valence-electron chi connectivity index (χ0n) is 20.4. The molecule has 7 nitrogen and oxygen atoms in total. The van der Waals surface area contributed by atoms with Gasteiger partial charge in [-0.15, -0.1) is 0 Å². The lowest BCUT2D eigenvalue weighted by Gasteiger charge is -2.32. The van der Waals surface area contributed by atoms with Crippen molar-refractivity contribution in [3.63, 3.8) is 0 Å². The van der Waals surface area contributed by atoms with Crippen LogP contribution < -0.4 is 15.8 Å². The topological polar surface area (TPSA) is 101 Å². The third kappa shape index (κ3) is 5.90. The van der Waals surface area contributed by atoms with Gasteiger partial charge in [0.15, 0.2) is 6.10 Å². The summed E-state index contributed by atoms with van der Waals surface area (Å²) in [6.07, 6.45) is -1.67. The van der Waals surface area contributed by atoms with Gasteiger partial charge < -0.3 is 25.4 Å². The summed E-state index contributed by atoms with van der Waals surface area (Å²) in [6.45, 7) is 1.15. The van der Waals surface area contributed by atoms with Gasteiger partial charge in [0.2, 0.25) is 0 Å². The van der Waals surface area contributed by atoms with E-state index in [-0.39, 0.29) is 11.6 Å². The molecule has 0 spiro atoms. The van der Waals surface area contributed by atoms with Crippen molar-refractivity contribution in [1.82, 2.24) is 4.90 Å². The summed E-state index contributed by atoms with van der Waals surface area (Å²) >= 11 is 0. The molecule has 1 aliphatic heterocycles. The number of amides is 1. The van der Waals surface area contributed by atoms with Gasteiger partial charge in [-0.05, 0) is 61.5 Å². The molecule has 3 aromatic rings. The summed E-state index contributed by atoms with van der Waals surface area (Å²) < 4.78 is 25.6. The van der Waals surface area contributed by atoms with Gasteiger partial charge >= 0.3 is 0 Å². The molecular weight excluding hydrogens is 459 g/mol. The number of nitrogen functional groups attached to an aromatic ring is 1. The minimum Gasteiger partial charge on any atom is -0.487 e. The van der Waals surface area contributed by atoms with E-state index in [1.807, 2.05) is 42.3 Å². The standard InChI is InChI=1S/C28H31FN4O3/c1-33-15-14-25(23(29)17-33)36-21-11-8-18(9-12-21)26(31)22-16-20(10-13-24(22)30)32-28(34)27(35-2)19-6-4-3-5-7-19/h3-13,16,23,25,27,31H,14-15,17,30H2,1-2H3,(H,32,34)/t23?,25-,27?/m1/s1. The lowest BCUT2D eigenvalue weighted by Crippen LogP contribution is -2.45. The van der Waals surface area contributed by atoms with Gasteiger partial charge in [-0.1, -0.05) is 30.3 Å². The van der Waals surface area contributed by atoms with Crippen molar-refractivity contribution in [1.29, 1.82) is 5.41 Å². The Balaban J connectivity index is 1.46. The van der Waals surface area contributed by atoms with Crippen LogP contribution in [-0.2, 0) is 9.53 Å². The smallest absolute Gasteiger partial charge is 0.258 e. The van der Waals surface area contributed by atoms with Crippen molar-refractivity contribution in [2.45, 2.75) is 24.8 Å². The summed E-state index contributed by atoms with van der Waals surface area (Å²) in [5, 5.41) is 11.6. The van der Waals surface area contributed by atoms with Gasteiger partial charge in [-0.3, -0.25) is 10.2 Å². The molecule has 3 atom stereocenters. The van der Waals surface area contributed by atoms with Crippen molar-refractivity contribution in [2.75, 3.05) is 38.3 Å². The summed E-state index contributed by atoms with van der Waals surface area (Å²) in [6, 6.07) is 21.2. The van der Waals surface area contributed by atoms with Gasteiger partial charge in [-0.2, -0.15) is 0 Å². The molecule has 8 heteroatoms. The van der Waals surface area contributed by atoms with Gasteiger partial charge in [-0.25, -0.2) is 4.39 Å². The maximum atomic E-state index is 14.3. The largest absolute Gasteiger partial charge is 0.487 e. The number of carbonyl (C=O) groups is 1. The first kappa shape index (κ1) is 25.3. The molecule has 0 aliphatic carbocycles. The average molecular weight is 491 g/mol. The van der Waals surface area contributed by atoms with E-state index >= 15 is 0 Å². The lowest BCUT2D eigenvalue weighted by molar-refractivity contribution is -0.126. The van der Waals surface area contributed by atoms with Crippen LogP contribution in [0.25, 0.3) is 0 Å². The number of nitrogens with one attached hydrogen (secondary N) is 2. The number of nitrogens with two attached hydrogens (primary N) is 1. The predicted octanol–water partition coefficient (Wildman–Crippen LogP) is 4.43. The van der Waals surface area contributed by atoms with E-state index in [1.165, 1.54) is 7.11 Å². The predicted molar refractivity (Wildman–Crippen MR) is 139 cm³/mol. The van der Waals surface area contributed by atoms with E-state index in [2.05, 4.69) is 5.32 Å². The molecule has 1 amide bonds. The first-order chi connectivity index (χ1) is 17.4. The summed E-state index contributed by atoms with van der Waals surface area (Å²) in [5.74, 6) is 0.233. The van der Waals surface area contributed by atoms with Crippen molar-refractivity contribution in [3.8, 4) is 5.75 Å². The van der Waals surface area contributed by atoms with Crippen molar-refractivity contribution >= 4 is 23.0 Å². The van der Waals surface area contributed by atoms with E-state index in [9.17, 15) is 9.18 Å². The highest BCUT2D eigenvalue weighted by molar-refractivity contribution is 6.14. The van der Waals surface area contributed by atoms with Crippen LogP contribution in [0.4, 0.5) is 15.8 Å². The highest BCUT2D eigenvalue weighted by Gasteiger charge is 2.29. The molecule has 0 radical (unpaired) electrons. The molecule has 4 N–H and O–H groups in total. The monoisotopic (exact) mass is 490 g/mol. The molecule has 0 aromatic heterocycles. The summed E-state index contributed by atoms with van der Waals surface area (Å²) in [4.78, 5) is 14.8. The second-order valence-electron chi connectivity index (χ2n) is 8.94. The van der Waals surface area contributed by atoms with Gasteiger partial charge in [0, 0.05) is 42.7 Å². The van der Waals surface area contributed by atoms with Crippen LogP contribution in [0.15, 0.2) is 72.8 Å². The molecule has 188 valence electrons. The van der Waals surface area contributed by atoms with E-state index in [1.54, 1.807) is 42.5 Å². The SMILES string of the molecule is COC(C(=O)Nc1ccc(N)c(C(=N)c2ccc(O[C@@H]3CCN(C)CC3F)cc2)c1)c1ccccc1. The Kier molecular flexibility index (Phi) is 7.97. The molecule has 0 saturated carbocycles. The number of benzene rings is 3. The number of hydrogen-bond donors (Lipinski definition) is 3. The second-order valence-corrected chi connectivity index (χ2v) is 8.94. The van der Waals surface area contributed by atoms with Crippen LogP contribution in [0.3, 0.4) is 0 Å². The Labute approximate surface area is 210 Å². The molecule has 0 bridgehead atoms. The minimum absolute atomic E-state index is 0.198. The van der Waals surface area contributed by atoms with E-state index < -0.39 is 18.4 Å². The number of alkyl halides is 1. The third-order valence-corrected chi connectivity index (χ3v) is 6.28. The van der Waals surface area contributed by atoms with Gasteiger partial charge in [0.1, 0.15) is 18.0 Å². The Bertz CT molecular complexity index is 1200. The minimum atomic E-state index is -1.04. The number of anilines is 2. The van der Waals surface area contributed by atoms with E-state index in [0.717, 1.165) is 12.1 Å². The zero-order chi connectivity index (χ0) is 25.7. The number of methoxy groups -OCH3 is 1. The third-order valence-electron chi connectivity index (χ3n) is 6.28. The van der Waals surface area contributed by atoms with Crippen molar-refractivity contribution in [3.05, 3.63) is 89.5 Å². The number of rotatable bonds is 8. The molecule has 2 unspecified atom stereocenters. The molecule has 3 aromatic carbocycles. The van der Waals surface area contributed by atoms with E-state index in [0.29, 0.717) is 41.2 Å². The molecular formula is C28H31FN4O3. The number of piperidine rings is 1. The number of ether oxygens (including phenoxy) is 2. The summed E-state index contributed by atoms with van der Waals surface area (Å²) in [5.41, 5.74) is 9.12. The van der Waals surface area contributed by atoms with Crippen LogP contribution >= 0.6 is 0 Å². The maximum absolute atomic E-state index is 14.3. The Morgan fingerprint density at radius 1 is 1.14 bits per heavy atom. The van der Waals surface area contributed by atoms with Crippen LogP contribution in [0.2, 0.25) is 0 Å². The second kappa shape index (κ2) is 11.3. The molecule has 1 aliphatic rings. The van der Waals surface area contributed by atoms with Crippen LogP contribution in [0.5, 0.6) is 5.75 Å². The maximum Gasteiger partial charge on any atom is 0.258 e. The Morgan fingerprint density at radius 2 is 1.86 bits per heavy atom. The number of hydrogen-bond acceptors (Lipinski definition) is 6. The number of halogens is 1. The van der Waals surface area contributed by atoms with Crippen molar-refractivity contribution in [2.24, 2.45) is 0 Å². The molecule has 4 rings (SSSR count). The average Bonchev–Trinajstić information content (AvgIpc) is 2.88. The molecule has 1 heterocycles. The first-order valence-electron chi connectivity index (χ1n) is 11.8. The van der Waals surface area contributed by atoms with Crippen LogP contribution in [-0.4, -0.2) is 56.0 Å². The Morgan fingerprint density at radius 3 is 2.53 bits per heavy atom. The van der Waals surface area contributed by atoms with Gasteiger partial charge in [0.25, 0.3) is 5.91 Å².